The van der Waals surface area contributed by atoms with Gasteiger partial charge in [-0.2, -0.15) is 0 Å². The molecule has 0 radical (unpaired) electrons. The van der Waals surface area contributed by atoms with Gasteiger partial charge in [-0.15, -0.1) is 0 Å². The highest BCUT2D eigenvalue weighted by molar-refractivity contribution is 5.90. The van der Waals surface area contributed by atoms with Gasteiger partial charge in [0.25, 0.3) is 0 Å². The lowest BCUT2D eigenvalue weighted by atomic mass is 9.86. The number of aliphatic hydroxyl groups is 4. The number of methoxy groups -OCH3 is 1. The van der Waals surface area contributed by atoms with Crippen LogP contribution < -0.4 is 0 Å². The molecular formula is C27H36O14. The normalized spacial score (nSPS) is 29.8. The zero-order chi connectivity index (χ0) is 30.3. The molecule has 0 saturated carbocycles. The highest BCUT2D eigenvalue weighted by atomic mass is 16.8. The largest absolute Gasteiger partial charge is 0.504 e. The van der Waals surface area contributed by atoms with Crippen LogP contribution in [0.25, 0.3) is 0 Å². The van der Waals surface area contributed by atoms with E-state index in [0.717, 1.165) is 13.4 Å². The first-order chi connectivity index (χ1) is 19.6. The van der Waals surface area contributed by atoms with Crippen LogP contribution in [0.4, 0.5) is 0 Å². The van der Waals surface area contributed by atoms with E-state index in [4.69, 9.17) is 28.4 Å². The summed E-state index contributed by atoms with van der Waals surface area (Å²) in [6.45, 7) is 2.69. The quantitative estimate of drug-likeness (QED) is 0.114. The third-order valence-corrected chi connectivity index (χ3v) is 6.73. The predicted molar refractivity (Wildman–Crippen MR) is 137 cm³/mol. The molecule has 14 heteroatoms. The van der Waals surface area contributed by atoms with Gasteiger partial charge in [-0.3, -0.25) is 4.79 Å². The number of phenolic OH excluding ortho intramolecular Hbond substituents is 2. The second kappa shape index (κ2) is 14.6. The zero-order valence-electron chi connectivity index (χ0n) is 22.8. The molecule has 2 aliphatic heterocycles. The van der Waals surface area contributed by atoms with Crippen LogP contribution in [0.3, 0.4) is 0 Å². The molecule has 8 atom stereocenters. The van der Waals surface area contributed by atoms with Crippen molar-refractivity contribution in [3.8, 4) is 11.5 Å². The van der Waals surface area contributed by atoms with E-state index in [-0.39, 0.29) is 42.3 Å². The van der Waals surface area contributed by atoms with Crippen LogP contribution in [0.15, 0.2) is 41.7 Å². The van der Waals surface area contributed by atoms with Crippen molar-refractivity contribution in [3.63, 3.8) is 0 Å². The minimum Gasteiger partial charge on any atom is -0.504 e. The minimum absolute atomic E-state index is 0.0176. The molecule has 41 heavy (non-hydrogen) atoms. The van der Waals surface area contributed by atoms with E-state index in [1.54, 1.807) is 13.8 Å². The highest BCUT2D eigenvalue weighted by Gasteiger charge is 2.47. The number of rotatable bonds is 11. The molecule has 3 rings (SSSR count). The number of hydrogen-bond donors (Lipinski definition) is 6. The maximum atomic E-state index is 13.0. The molecule has 0 spiro atoms. The molecule has 0 aromatic heterocycles. The van der Waals surface area contributed by atoms with Gasteiger partial charge in [0.2, 0.25) is 6.29 Å². The van der Waals surface area contributed by atoms with Gasteiger partial charge in [0.1, 0.15) is 37.1 Å². The monoisotopic (exact) mass is 584 g/mol. The number of aliphatic hydroxyl groups excluding tert-OH is 4. The lowest BCUT2D eigenvalue weighted by Crippen LogP contribution is -2.60. The summed E-state index contributed by atoms with van der Waals surface area (Å²) in [5.74, 6) is -3.14. The first-order valence-corrected chi connectivity index (χ1v) is 12.9. The molecule has 1 aromatic rings. The average Bonchev–Trinajstić information content (AvgIpc) is 2.96. The van der Waals surface area contributed by atoms with Crippen molar-refractivity contribution in [2.75, 3.05) is 26.9 Å². The molecule has 0 bridgehead atoms. The van der Waals surface area contributed by atoms with Crippen molar-refractivity contribution >= 4 is 11.9 Å². The summed E-state index contributed by atoms with van der Waals surface area (Å²) in [6.07, 6.45) is -7.60. The summed E-state index contributed by atoms with van der Waals surface area (Å²) < 4.78 is 32.6. The Kier molecular flexibility index (Phi) is 11.5. The molecule has 14 nitrogen and oxygen atoms in total. The predicted octanol–water partition coefficient (Wildman–Crippen LogP) is -0.0991. The summed E-state index contributed by atoms with van der Waals surface area (Å²) in [5.41, 5.74) is 0.709. The summed E-state index contributed by atoms with van der Waals surface area (Å²) in [6, 6.07) is 4.08. The zero-order valence-corrected chi connectivity index (χ0v) is 22.8. The van der Waals surface area contributed by atoms with Crippen molar-refractivity contribution < 1.29 is 68.6 Å². The van der Waals surface area contributed by atoms with Crippen LogP contribution in [0.5, 0.6) is 11.5 Å². The maximum absolute atomic E-state index is 13.0. The number of carbonyl (C=O) groups excluding carboxylic acids is 2. The molecule has 228 valence electrons. The van der Waals surface area contributed by atoms with Crippen molar-refractivity contribution in [1.82, 2.24) is 0 Å². The van der Waals surface area contributed by atoms with Gasteiger partial charge < -0.3 is 59.1 Å². The minimum atomic E-state index is -1.71. The molecule has 0 amide bonds. The van der Waals surface area contributed by atoms with Gasteiger partial charge in [-0.05, 0) is 31.5 Å². The van der Waals surface area contributed by atoms with E-state index in [1.807, 2.05) is 0 Å². The van der Waals surface area contributed by atoms with E-state index in [1.165, 1.54) is 24.3 Å². The Labute approximate surface area is 235 Å². The van der Waals surface area contributed by atoms with Gasteiger partial charge in [0, 0.05) is 18.1 Å². The molecule has 1 fully saturated rings. The van der Waals surface area contributed by atoms with Crippen molar-refractivity contribution in [2.45, 2.75) is 63.4 Å². The van der Waals surface area contributed by atoms with Crippen molar-refractivity contribution in [3.05, 3.63) is 47.2 Å². The fraction of sp³-hybridized carbons (Fsp3) is 0.556. The van der Waals surface area contributed by atoms with E-state index in [2.05, 4.69) is 0 Å². The van der Waals surface area contributed by atoms with E-state index < -0.39 is 67.6 Å². The Morgan fingerprint density at radius 2 is 1.83 bits per heavy atom. The molecular weight excluding hydrogens is 548 g/mol. The summed E-state index contributed by atoms with van der Waals surface area (Å²) in [5, 5.41) is 59.4. The molecule has 2 aliphatic rings. The van der Waals surface area contributed by atoms with Gasteiger partial charge >= 0.3 is 11.9 Å². The third-order valence-electron chi connectivity index (χ3n) is 6.73. The average molecular weight is 585 g/mol. The molecule has 1 aromatic carbocycles. The highest BCUT2D eigenvalue weighted by Crippen LogP contribution is 2.36. The van der Waals surface area contributed by atoms with Crippen LogP contribution in [-0.4, -0.2) is 107 Å². The Bertz CT molecular complexity index is 1120. The molecule has 2 heterocycles. The summed E-state index contributed by atoms with van der Waals surface area (Å²) in [7, 11) is 1.16. The van der Waals surface area contributed by atoms with E-state index >= 15 is 0 Å². The van der Waals surface area contributed by atoms with Gasteiger partial charge in [-0.25, -0.2) is 4.79 Å². The van der Waals surface area contributed by atoms with Gasteiger partial charge in [0.05, 0.1) is 32.0 Å². The van der Waals surface area contributed by atoms with Crippen LogP contribution in [0.2, 0.25) is 0 Å². The van der Waals surface area contributed by atoms with Crippen LogP contribution in [0, 0.1) is 5.92 Å². The van der Waals surface area contributed by atoms with Crippen molar-refractivity contribution in [1.29, 1.82) is 0 Å². The first kappa shape index (κ1) is 32.3. The lowest BCUT2D eigenvalue weighted by Gasteiger charge is -2.41. The Morgan fingerprint density at radius 3 is 2.44 bits per heavy atom. The Morgan fingerprint density at radius 1 is 1.10 bits per heavy atom. The topological polar surface area (TPSA) is 211 Å². The number of allylic oxidation sites excluding steroid dienone is 1. The molecule has 0 aliphatic carbocycles. The van der Waals surface area contributed by atoms with Gasteiger partial charge in [-0.1, -0.05) is 12.1 Å². The number of carbonyl (C=O) groups is 2. The maximum Gasteiger partial charge on any atom is 0.337 e. The second-order valence-corrected chi connectivity index (χ2v) is 9.29. The number of benzene rings is 1. The standard InChI is InChI=1S/C27H36O14/c1-4-14-15(9-21(31)38-12-20(37-5-2)13-6-7-17(29)18(30)8-13)16(25(35)36-3)11-39-26(14)41-27-24(34)23(33)22(32)19(10-28)40-27/h4,6-8,11,15,19-20,22-24,26-30,32-34H,5,9-10,12H2,1-3H3/b14-4+/t15-,19+,20-,22+,23-,24+,26-,27-/m0/s1. The van der Waals surface area contributed by atoms with Crippen LogP contribution in [-0.2, 0) is 38.0 Å². The Hall–Kier alpha value is -3.24. The number of ether oxygens (including phenoxy) is 6. The first-order valence-electron chi connectivity index (χ1n) is 12.9. The third kappa shape index (κ3) is 7.54. The number of hydrogen-bond acceptors (Lipinski definition) is 14. The number of esters is 2. The summed E-state index contributed by atoms with van der Waals surface area (Å²) in [4.78, 5) is 25.5. The SMILES string of the molecule is C/C=C1/[C@H](O[C@@H]2O[C@H](CO)[C@@H](O)[C@H](O)[C@H]2O)OC=C(C(=O)OC)[C@H]1CC(=O)OC[C@H](OCC)c1ccc(O)c(O)c1. The second-order valence-electron chi connectivity index (χ2n) is 9.29. The Balaban J connectivity index is 1.76. The van der Waals surface area contributed by atoms with Gasteiger partial charge in [0.15, 0.2) is 17.8 Å². The van der Waals surface area contributed by atoms with Crippen LogP contribution >= 0.6 is 0 Å². The molecule has 1 saturated heterocycles. The lowest BCUT2D eigenvalue weighted by molar-refractivity contribution is -0.327. The summed E-state index contributed by atoms with van der Waals surface area (Å²) >= 11 is 0. The number of aromatic hydroxyl groups is 2. The fourth-order valence-electron chi connectivity index (χ4n) is 4.50. The molecule has 0 unspecified atom stereocenters. The molecule has 6 N–H and O–H groups in total. The van der Waals surface area contributed by atoms with Crippen LogP contribution in [0.1, 0.15) is 31.9 Å². The fourth-order valence-corrected chi connectivity index (χ4v) is 4.50. The number of phenols is 2. The smallest absolute Gasteiger partial charge is 0.337 e. The van der Waals surface area contributed by atoms with E-state index in [0.29, 0.717) is 5.56 Å². The van der Waals surface area contributed by atoms with Crippen molar-refractivity contribution in [2.24, 2.45) is 5.92 Å². The van der Waals surface area contributed by atoms with E-state index in [9.17, 15) is 40.2 Å².